The van der Waals surface area contributed by atoms with E-state index in [-0.39, 0.29) is 18.9 Å². The molecule has 2 saturated heterocycles. The molecule has 0 aliphatic carbocycles. The van der Waals surface area contributed by atoms with Crippen molar-refractivity contribution in [1.82, 2.24) is 14.3 Å². The van der Waals surface area contributed by atoms with Crippen molar-refractivity contribution < 1.29 is 9.84 Å². The Morgan fingerprint density at radius 3 is 2.46 bits per heavy atom. The first-order valence-corrected chi connectivity index (χ1v) is 13.8. The van der Waals surface area contributed by atoms with Gasteiger partial charge in [0.15, 0.2) is 0 Å². The summed E-state index contributed by atoms with van der Waals surface area (Å²) in [4.78, 5) is 10.7. The van der Waals surface area contributed by atoms with Gasteiger partial charge in [0.2, 0.25) is 0 Å². The summed E-state index contributed by atoms with van der Waals surface area (Å²) in [6.45, 7) is 3.85. The molecule has 5 rings (SSSR count). The Kier molecular flexibility index (Phi) is 7.46. The molecule has 37 heavy (non-hydrogen) atoms. The fourth-order valence-corrected chi connectivity index (χ4v) is 6.27. The molecular weight excluding hydrogens is 555 g/mol. The van der Waals surface area contributed by atoms with Crippen molar-refractivity contribution in [3.63, 3.8) is 0 Å². The third-order valence-electron chi connectivity index (χ3n) is 6.73. The number of nitrogens with one attached hydrogen (secondary N) is 1. The van der Waals surface area contributed by atoms with Crippen molar-refractivity contribution in [3.05, 3.63) is 74.1 Å². The molecule has 2 fully saturated rings. The number of hydrogen-bond acceptors (Lipinski definition) is 9. The van der Waals surface area contributed by atoms with Gasteiger partial charge in [-0.05, 0) is 24.5 Å². The van der Waals surface area contributed by atoms with Crippen LogP contribution in [0.2, 0.25) is 15.1 Å². The van der Waals surface area contributed by atoms with Gasteiger partial charge in [0, 0.05) is 78.1 Å². The van der Waals surface area contributed by atoms with Crippen LogP contribution in [0.25, 0.3) is 0 Å². The molecule has 0 saturated carbocycles. The number of rotatable bonds is 8. The van der Waals surface area contributed by atoms with Gasteiger partial charge in [0.1, 0.15) is 18.2 Å². The largest absolute Gasteiger partial charge is 0.487 e. The van der Waals surface area contributed by atoms with E-state index < -0.39 is 0 Å². The number of aliphatic hydroxyl groups excluding tert-OH is 1. The van der Waals surface area contributed by atoms with Gasteiger partial charge in [-0.25, -0.2) is 9.29 Å². The van der Waals surface area contributed by atoms with Crippen LogP contribution in [0, 0.1) is 10.8 Å². The number of ether oxygens (including phenoxy) is 1. The summed E-state index contributed by atoms with van der Waals surface area (Å²) >= 11 is 20.5. The van der Waals surface area contributed by atoms with Crippen LogP contribution in [0.15, 0.2) is 36.8 Å². The van der Waals surface area contributed by atoms with Crippen molar-refractivity contribution in [1.29, 1.82) is 5.41 Å². The molecule has 2 aliphatic rings. The van der Waals surface area contributed by atoms with Gasteiger partial charge < -0.3 is 20.5 Å². The molecule has 0 radical (unpaired) electrons. The number of aromatic nitrogens is 2. The highest BCUT2D eigenvalue weighted by molar-refractivity contribution is 7.96. The van der Waals surface area contributed by atoms with E-state index in [1.54, 1.807) is 36.3 Å². The van der Waals surface area contributed by atoms with Crippen LogP contribution in [0.3, 0.4) is 0 Å². The van der Waals surface area contributed by atoms with Gasteiger partial charge in [-0.3, -0.25) is 10.4 Å². The zero-order valence-corrected chi connectivity index (χ0v) is 23.1. The smallest absolute Gasteiger partial charge is 0.139 e. The van der Waals surface area contributed by atoms with Crippen molar-refractivity contribution in [2.75, 3.05) is 43.1 Å². The molecule has 2 aliphatic heterocycles. The molecule has 194 valence electrons. The van der Waals surface area contributed by atoms with E-state index in [1.165, 1.54) is 12.4 Å². The van der Waals surface area contributed by atoms with E-state index >= 15 is 0 Å². The standard InChI is InChI=1S/C25H25Cl3N6O2S/c1-37-34-12-25(13-34)10-33(11-25)24-15(8-35)2-14(5-32-24)23(30)16-3-22(18(26)4-21(16)29)36-9-17-19(27)6-31-7-20(17)28/h2-7,30,35H,8-13,29H2,1H3. The maximum Gasteiger partial charge on any atom is 0.139 e. The molecule has 0 unspecified atom stereocenters. The van der Waals surface area contributed by atoms with Crippen LogP contribution in [-0.2, 0) is 13.2 Å². The predicted octanol–water partition coefficient (Wildman–Crippen LogP) is 4.91. The molecule has 1 spiro atoms. The molecule has 4 N–H and O–H groups in total. The maximum atomic E-state index is 10.1. The summed E-state index contributed by atoms with van der Waals surface area (Å²) < 4.78 is 8.23. The lowest BCUT2D eigenvalue weighted by atomic mass is 9.74. The molecule has 0 atom stereocenters. The number of nitrogens with zero attached hydrogens (tertiary/aromatic N) is 4. The Balaban J connectivity index is 1.34. The number of anilines is 2. The Bertz CT molecular complexity index is 1340. The summed E-state index contributed by atoms with van der Waals surface area (Å²) in [5.74, 6) is 1.09. The average Bonchev–Trinajstić information content (AvgIpc) is 2.83. The van der Waals surface area contributed by atoms with Gasteiger partial charge in [0.05, 0.1) is 27.4 Å². The number of aliphatic hydroxyl groups is 1. The Labute approximate surface area is 234 Å². The lowest BCUT2D eigenvalue weighted by Crippen LogP contribution is -2.71. The summed E-state index contributed by atoms with van der Waals surface area (Å²) in [5, 5.41) is 19.9. The monoisotopic (exact) mass is 578 g/mol. The molecule has 1 aromatic carbocycles. The van der Waals surface area contributed by atoms with E-state index in [1.807, 2.05) is 0 Å². The van der Waals surface area contributed by atoms with Gasteiger partial charge in [-0.15, -0.1) is 0 Å². The lowest BCUT2D eigenvalue weighted by molar-refractivity contribution is 0.0471. The van der Waals surface area contributed by atoms with E-state index in [2.05, 4.69) is 25.4 Å². The Hall–Kier alpha value is -2.27. The fourth-order valence-electron chi connectivity index (χ4n) is 4.76. The zero-order valence-electron chi connectivity index (χ0n) is 20.0. The fraction of sp³-hybridized carbons (Fsp3) is 0.320. The number of benzene rings is 1. The maximum absolute atomic E-state index is 10.1. The van der Waals surface area contributed by atoms with Crippen LogP contribution in [-0.4, -0.2) is 57.5 Å². The highest BCUT2D eigenvalue weighted by Gasteiger charge is 2.52. The first-order valence-electron chi connectivity index (χ1n) is 11.5. The highest BCUT2D eigenvalue weighted by Crippen LogP contribution is 2.44. The quantitative estimate of drug-likeness (QED) is 0.196. The average molecular weight is 580 g/mol. The molecular formula is C25H25Cl3N6O2S. The number of hydrogen-bond donors (Lipinski definition) is 3. The molecule has 8 nitrogen and oxygen atoms in total. The second-order valence-electron chi connectivity index (χ2n) is 9.32. The summed E-state index contributed by atoms with van der Waals surface area (Å²) in [5.41, 5.74) is 9.21. The van der Waals surface area contributed by atoms with Crippen LogP contribution in [0.1, 0.15) is 22.3 Å². The highest BCUT2D eigenvalue weighted by atomic mass is 35.5. The van der Waals surface area contributed by atoms with Gasteiger partial charge >= 0.3 is 0 Å². The first-order chi connectivity index (χ1) is 17.7. The van der Waals surface area contributed by atoms with E-state index in [0.29, 0.717) is 54.2 Å². The van der Waals surface area contributed by atoms with Crippen LogP contribution < -0.4 is 15.4 Å². The van der Waals surface area contributed by atoms with Gasteiger partial charge in [-0.1, -0.05) is 46.8 Å². The van der Waals surface area contributed by atoms with Crippen molar-refractivity contribution in [2.24, 2.45) is 5.41 Å². The molecule has 0 bridgehead atoms. The minimum Gasteiger partial charge on any atom is -0.487 e. The van der Waals surface area contributed by atoms with Gasteiger partial charge in [-0.2, -0.15) is 0 Å². The lowest BCUT2D eigenvalue weighted by Gasteiger charge is -2.60. The summed E-state index contributed by atoms with van der Waals surface area (Å²) in [7, 11) is 0. The van der Waals surface area contributed by atoms with E-state index in [4.69, 9.17) is 50.7 Å². The van der Waals surface area contributed by atoms with Crippen LogP contribution in [0.4, 0.5) is 11.5 Å². The van der Waals surface area contributed by atoms with Crippen molar-refractivity contribution in [3.8, 4) is 5.75 Å². The number of halogens is 3. The SMILES string of the molecule is CSN1CC2(C1)CN(c1ncc(C(=N)c3cc(OCc4c(Cl)cncc4Cl)c(Cl)cc3N)cc1CO)C2. The summed E-state index contributed by atoms with van der Waals surface area (Å²) in [6, 6.07) is 4.94. The molecule has 12 heteroatoms. The molecule has 2 aromatic heterocycles. The van der Waals surface area contributed by atoms with Crippen molar-refractivity contribution >= 4 is 64.0 Å². The third-order valence-corrected chi connectivity index (χ3v) is 8.45. The Morgan fingerprint density at radius 2 is 1.81 bits per heavy atom. The van der Waals surface area contributed by atoms with Gasteiger partial charge in [0.25, 0.3) is 0 Å². The normalized spacial score (nSPS) is 16.4. The minimum absolute atomic E-state index is 0.0630. The predicted molar refractivity (Wildman–Crippen MR) is 150 cm³/mol. The molecule has 4 heterocycles. The second kappa shape index (κ2) is 10.5. The minimum atomic E-state index is -0.179. The zero-order chi connectivity index (χ0) is 26.3. The Morgan fingerprint density at radius 1 is 1.11 bits per heavy atom. The molecule has 3 aromatic rings. The van der Waals surface area contributed by atoms with Crippen LogP contribution in [0.5, 0.6) is 5.75 Å². The second-order valence-corrected chi connectivity index (χ2v) is 11.4. The third kappa shape index (κ3) is 5.08. The molecule has 0 amide bonds. The number of nitrogens with two attached hydrogens (primary N) is 1. The van der Waals surface area contributed by atoms with Crippen LogP contribution >= 0.6 is 46.8 Å². The topological polar surface area (TPSA) is 112 Å². The van der Waals surface area contributed by atoms with Crippen molar-refractivity contribution in [2.45, 2.75) is 13.2 Å². The van der Waals surface area contributed by atoms with E-state index in [9.17, 15) is 5.11 Å². The summed E-state index contributed by atoms with van der Waals surface area (Å²) in [6.07, 6.45) is 6.70. The number of nitrogen functional groups attached to an aromatic ring is 1. The van der Waals surface area contributed by atoms with E-state index in [0.717, 1.165) is 32.0 Å². The first kappa shape index (κ1) is 26.3. The number of pyridine rings is 2.